The summed E-state index contributed by atoms with van der Waals surface area (Å²) in [6, 6.07) is 0. The summed E-state index contributed by atoms with van der Waals surface area (Å²) in [6.45, 7) is 2.67. The van der Waals surface area contributed by atoms with Gasteiger partial charge >= 0.3 is 0 Å². The first-order valence-electron chi connectivity index (χ1n) is 12.9. The van der Waals surface area contributed by atoms with Gasteiger partial charge in [-0.2, -0.15) is 0 Å². The van der Waals surface area contributed by atoms with Gasteiger partial charge in [0.15, 0.2) is 0 Å². The minimum Gasteiger partial charge on any atom is -0.390 e. The monoisotopic (exact) mass is 424 g/mol. The highest BCUT2D eigenvalue weighted by Gasteiger charge is 2.36. The van der Waals surface area contributed by atoms with Crippen LogP contribution in [0.25, 0.3) is 0 Å². The van der Waals surface area contributed by atoms with Gasteiger partial charge in [-0.1, -0.05) is 30.4 Å². The fourth-order valence-electron chi connectivity index (χ4n) is 6.73. The van der Waals surface area contributed by atoms with Crippen molar-refractivity contribution in [3.05, 3.63) is 47.1 Å². The van der Waals surface area contributed by atoms with Crippen LogP contribution in [0, 0.1) is 17.8 Å². The summed E-state index contributed by atoms with van der Waals surface area (Å²) in [6.07, 6.45) is 24.8. The van der Waals surface area contributed by atoms with E-state index in [2.05, 4.69) is 37.3 Å². The molecule has 5 rings (SSSR count). The number of ether oxygens (including phenoxy) is 2. The Labute approximate surface area is 188 Å². The van der Waals surface area contributed by atoms with Gasteiger partial charge < -0.3 is 14.6 Å². The van der Waals surface area contributed by atoms with E-state index in [1.165, 1.54) is 48.8 Å². The molecule has 1 N–H and O–H groups in total. The van der Waals surface area contributed by atoms with Crippen molar-refractivity contribution in [2.24, 2.45) is 17.8 Å². The summed E-state index contributed by atoms with van der Waals surface area (Å²) < 4.78 is 12.6. The first-order valence-corrected chi connectivity index (χ1v) is 12.9. The summed E-state index contributed by atoms with van der Waals surface area (Å²) in [5.74, 6) is 2.17. The topological polar surface area (TPSA) is 38.7 Å². The molecule has 5 atom stereocenters. The van der Waals surface area contributed by atoms with Crippen LogP contribution >= 0.6 is 0 Å². The first kappa shape index (κ1) is 21.7. The zero-order valence-electron chi connectivity index (χ0n) is 19.2. The van der Waals surface area contributed by atoms with Crippen molar-refractivity contribution in [1.82, 2.24) is 0 Å². The van der Waals surface area contributed by atoms with Gasteiger partial charge in [0.1, 0.15) is 0 Å². The predicted molar refractivity (Wildman–Crippen MR) is 125 cm³/mol. The van der Waals surface area contributed by atoms with Crippen LogP contribution in [0.5, 0.6) is 0 Å². The number of hydrogen-bond donors (Lipinski definition) is 1. The maximum absolute atomic E-state index is 10.8. The fraction of sp³-hybridized carbons (Fsp3) is 0.714. The van der Waals surface area contributed by atoms with Crippen LogP contribution < -0.4 is 0 Å². The van der Waals surface area contributed by atoms with Gasteiger partial charge in [-0.25, -0.2) is 0 Å². The van der Waals surface area contributed by atoms with Gasteiger partial charge in [-0.05, 0) is 106 Å². The molecule has 4 aliphatic carbocycles. The van der Waals surface area contributed by atoms with Gasteiger partial charge in [0, 0.05) is 6.42 Å². The number of fused-ring (bicyclic) bond motifs is 2. The lowest BCUT2D eigenvalue weighted by Crippen LogP contribution is -2.38. The molecular weight excluding hydrogens is 384 g/mol. The van der Waals surface area contributed by atoms with Gasteiger partial charge in [0.2, 0.25) is 0 Å². The standard InChI is InChI=1S/C28H40O3/c1-19-24-9-5-6-10-25(24)26-16-15-23(17-28(26)31-19)30-18-27(29)22-13-11-21(12-14-22)20-7-3-2-4-8-20/h2-3,6,10,16,19-23,27-29H,4-5,7-9,11-15,17-18H2,1H3/t19?,20?,21?,22?,23?,27?,28-/m0/s1. The second-order valence-electron chi connectivity index (χ2n) is 10.5. The molecule has 1 fully saturated rings. The SMILES string of the molecule is CC1O[C@H]2CC(OCC(O)C3CCC(C4CC=CCC4)CC3)CC=C2C2=C1CCC=C2. The number of allylic oxidation sites excluding steroid dienone is 4. The van der Waals surface area contributed by atoms with E-state index in [9.17, 15) is 5.11 Å². The third-order valence-electron chi connectivity index (χ3n) is 8.65. The van der Waals surface area contributed by atoms with Crippen LogP contribution in [0.3, 0.4) is 0 Å². The quantitative estimate of drug-likeness (QED) is 0.546. The number of aliphatic hydroxyl groups is 1. The Morgan fingerprint density at radius 2 is 1.90 bits per heavy atom. The van der Waals surface area contributed by atoms with E-state index in [0.717, 1.165) is 50.4 Å². The lowest BCUT2D eigenvalue weighted by Gasteiger charge is -2.40. The van der Waals surface area contributed by atoms with Crippen molar-refractivity contribution in [2.45, 2.75) is 102 Å². The molecule has 0 aromatic carbocycles. The molecule has 0 spiro atoms. The zero-order chi connectivity index (χ0) is 21.2. The molecule has 31 heavy (non-hydrogen) atoms. The molecule has 3 heteroatoms. The molecule has 0 amide bonds. The van der Waals surface area contributed by atoms with E-state index in [1.54, 1.807) is 0 Å². The zero-order valence-corrected chi connectivity index (χ0v) is 19.2. The van der Waals surface area contributed by atoms with Crippen molar-refractivity contribution in [3.8, 4) is 0 Å². The van der Waals surface area contributed by atoms with E-state index in [4.69, 9.17) is 9.47 Å². The van der Waals surface area contributed by atoms with E-state index in [0.29, 0.717) is 12.5 Å². The molecule has 0 saturated heterocycles. The normalized spacial score (nSPS) is 39.0. The van der Waals surface area contributed by atoms with Crippen LogP contribution in [0.2, 0.25) is 0 Å². The molecule has 0 bridgehead atoms. The molecule has 3 nitrogen and oxygen atoms in total. The van der Waals surface area contributed by atoms with E-state index < -0.39 is 0 Å². The maximum Gasteiger partial charge on any atom is 0.0860 e. The second kappa shape index (κ2) is 9.77. The third-order valence-corrected chi connectivity index (χ3v) is 8.65. The highest BCUT2D eigenvalue weighted by Crippen LogP contribution is 2.41. The van der Waals surface area contributed by atoms with Crippen molar-refractivity contribution in [2.75, 3.05) is 6.61 Å². The lowest BCUT2D eigenvalue weighted by atomic mass is 9.71. The average Bonchev–Trinajstić information content (AvgIpc) is 2.83. The highest BCUT2D eigenvalue weighted by molar-refractivity contribution is 5.51. The molecule has 0 aromatic rings. The van der Waals surface area contributed by atoms with Gasteiger partial charge in [-0.15, -0.1) is 0 Å². The molecular formula is C28H40O3. The van der Waals surface area contributed by atoms with Gasteiger partial charge in [-0.3, -0.25) is 0 Å². The average molecular weight is 425 g/mol. The van der Waals surface area contributed by atoms with Crippen molar-refractivity contribution >= 4 is 0 Å². The fourth-order valence-corrected chi connectivity index (χ4v) is 6.73. The summed E-state index contributed by atoms with van der Waals surface area (Å²) in [7, 11) is 0. The summed E-state index contributed by atoms with van der Waals surface area (Å²) >= 11 is 0. The largest absolute Gasteiger partial charge is 0.390 e. The van der Waals surface area contributed by atoms with E-state index in [1.807, 2.05) is 0 Å². The summed E-state index contributed by atoms with van der Waals surface area (Å²) in [4.78, 5) is 0. The molecule has 1 heterocycles. The highest BCUT2D eigenvalue weighted by atomic mass is 16.5. The van der Waals surface area contributed by atoms with Crippen molar-refractivity contribution < 1.29 is 14.6 Å². The van der Waals surface area contributed by atoms with Crippen molar-refractivity contribution in [3.63, 3.8) is 0 Å². The van der Waals surface area contributed by atoms with Crippen LogP contribution in [0.15, 0.2) is 47.1 Å². The van der Waals surface area contributed by atoms with Crippen LogP contribution in [-0.2, 0) is 9.47 Å². The van der Waals surface area contributed by atoms with E-state index in [-0.39, 0.29) is 24.4 Å². The third kappa shape index (κ3) is 4.79. The van der Waals surface area contributed by atoms with Gasteiger partial charge in [0.05, 0.1) is 31.0 Å². The molecule has 0 radical (unpaired) electrons. The van der Waals surface area contributed by atoms with Gasteiger partial charge in [0.25, 0.3) is 0 Å². The molecule has 1 aliphatic heterocycles. The molecule has 4 unspecified atom stereocenters. The Balaban J connectivity index is 1.10. The molecule has 170 valence electrons. The Hall–Kier alpha value is -1.16. The van der Waals surface area contributed by atoms with Crippen LogP contribution in [0.4, 0.5) is 0 Å². The number of aliphatic hydroxyl groups excluding tert-OH is 1. The Kier molecular flexibility index (Phi) is 6.83. The smallest absolute Gasteiger partial charge is 0.0860 e. The number of hydrogen-bond acceptors (Lipinski definition) is 3. The minimum absolute atomic E-state index is 0.146. The summed E-state index contributed by atoms with van der Waals surface area (Å²) in [5.41, 5.74) is 4.28. The second-order valence-corrected chi connectivity index (χ2v) is 10.5. The molecule has 0 aromatic heterocycles. The van der Waals surface area contributed by atoms with Crippen LogP contribution in [0.1, 0.15) is 77.6 Å². The number of rotatable bonds is 5. The maximum atomic E-state index is 10.8. The molecule has 1 saturated carbocycles. The van der Waals surface area contributed by atoms with E-state index >= 15 is 0 Å². The molecule has 5 aliphatic rings. The Morgan fingerprint density at radius 1 is 1.03 bits per heavy atom. The Bertz CT molecular complexity index is 752. The Morgan fingerprint density at radius 3 is 2.71 bits per heavy atom. The first-order chi connectivity index (χ1) is 15.2. The van der Waals surface area contributed by atoms with Crippen molar-refractivity contribution in [1.29, 1.82) is 0 Å². The van der Waals surface area contributed by atoms with Crippen LogP contribution in [-0.4, -0.2) is 36.1 Å². The predicted octanol–water partition coefficient (Wildman–Crippen LogP) is 6.05. The summed E-state index contributed by atoms with van der Waals surface area (Å²) in [5, 5.41) is 10.8. The lowest BCUT2D eigenvalue weighted by molar-refractivity contribution is -0.0676. The minimum atomic E-state index is -0.320.